The van der Waals surface area contributed by atoms with Gasteiger partial charge in [0.2, 0.25) is 17.7 Å². The third-order valence-electron chi connectivity index (χ3n) is 11.7. The molecule has 19 heteroatoms. The lowest BCUT2D eigenvalue weighted by molar-refractivity contribution is -0.197. The van der Waals surface area contributed by atoms with E-state index in [4.69, 9.17) is 12.2 Å². The number of benzene rings is 1. The number of alkyl halides is 6. The first-order valence-electron chi connectivity index (χ1n) is 19.2. The predicted octanol–water partition coefficient (Wildman–Crippen LogP) is 5.73. The molecule has 4 fully saturated rings. The number of rotatable bonds is 10. The molecule has 1 saturated carbocycles. The fourth-order valence-corrected chi connectivity index (χ4v) is 9.21. The van der Waals surface area contributed by atoms with Crippen LogP contribution in [0, 0.1) is 17.2 Å². The van der Waals surface area contributed by atoms with Crippen molar-refractivity contribution in [2.75, 3.05) is 42.9 Å². The van der Waals surface area contributed by atoms with Gasteiger partial charge in [-0.3, -0.25) is 34.3 Å². The highest BCUT2D eigenvalue weighted by Crippen LogP contribution is 2.42. The number of piperidine rings is 1. The average Bonchev–Trinajstić information content (AvgIpc) is 3.33. The number of aromatic nitrogens is 1. The molecule has 312 valence electrons. The predicted molar refractivity (Wildman–Crippen MR) is 203 cm³/mol. The highest BCUT2D eigenvalue weighted by Gasteiger charge is 2.53. The van der Waals surface area contributed by atoms with Crippen molar-refractivity contribution in [3.8, 4) is 6.07 Å². The second-order valence-electron chi connectivity index (χ2n) is 15.9. The maximum absolute atomic E-state index is 14.3. The molecule has 12 nitrogen and oxygen atoms in total. The molecule has 2 aromatic rings. The summed E-state index contributed by atoms with van der Waals surface area (Å²) in [5.41, 5.74) is -2.36. The Morgan fingerprint density at radius 2 is 1.76 bits per heavy atom. The molecule has 0 radical (unpaired) electrons. The zero-order valence-corrected chi connectivity index (χ0v) is 32.8. The maximum Gasteiger partial charge on any atom is 0.417 e. The van der Waals surface area contributed by atoms with Crippen molar-refractivity contribution in [3.63, 3.8) is 0 Å². The fourth-order valence-electron chi connectivity index (χ4n) is 8.64. The second-order valence-corrected chi connectivity index (χ2v) is 16.2. The van der Waals surface area contributed by atoms with Crippen molar-refractivity contribution in [1.29, 1.82) is 5.26 Å². The van der Waals surface area contributed by atoms with Crippen molar-refractivity contribution >= 4 is 52.5 Å². The van der Waals surface area contributed by atoms with E-state index in [0.717, 1.165) is 41.2 Å². The van der Waals surface area contributed by atoms with E-state index in [1.54, 1.807) is 35.8 Å². The van der Waals surface area contributed by atoms with Crippen LogP contribution >= 0.6 is 12.2 Å². The summed E-state index contributed by atoms with van der Waals surface area (Å²) >= 11 is 5.70. The van der Waals surface area contributed by atoms with Gasteiger partial charge in [-0.05, 0) is 119 Å². The first-order chi connectivity index (χ1) is 27.3. The topological polar surface area (TPSA) is 142 Å². The van der Waals surface area contributed by atoms with Crippen molar-refractivity contribution in [3.05, 3.63) is 53.2 Å². The lowest BCUT2D eigenvalue weighted by atomic mass is 9.82. The summed E-state index contributed by atoms with van der Waals surface area (Å²) in [5, 5.41) is 14.1. The average molecular weight is 835 g/mol. The van der Waals surface area contributed by atoms with E-state index in [-0.39, 0.29) is 48.1 Å². The van der Waals surface area contributed by atoms with E-state index in [1.807, 2.05) is 0 Å². The summed E-state index contributed by atoms with van der Waals surface area (Å²) in [6, 6.07) is 5.71. The maximum atomic E-state index is 14.3. The van der Waals surface area contributed by atoms with Gasteiger partial charge in [-0.1, -0.05) is 0 Å². The molecule has 4 heterocycles. The van der Waals surface area contributed by atoms with Crippen LogP contribution in [0.1, 0.15) is 87.8 Å². The Morgan fingerprint density at radius 3 is 2.41 bits per heavy atom. The molecule has 3 aliphatic heterocycles. The normalized spacial score (nSPS) is 24.8. The third-order valence-corrected chi connectivity index (χ3v) is 12.1. The molecule has 1 unspecified atom stereocenters. The number of amides is 4. The number of carbonyl (C=O) groups is 4. The third kappa shape index (κ3) is 9.29. The van der Waals surface area contributed by atoms with Gasteiger partial charge >= 0.3 is 12.4 Å². The minimum absolute atomic E-state index is 0.0215. The Labute approximate surface area is 336 Å². The Bertz CT molecular complexity index is 1980. The lowest BCUT2D eigenvalue weighted by Gasteiger charge is -2.42. The van der Waals surface area contributed by atoms with E-state index in [0.29, 0.717) is 50.3 Å². The van der Waals surface area contributed by atoms with E-state index in [1.165, 1.54) is 18.3 Å². The van der Waals surface area contributed by atoms with Crippen molar-refractivity contribution in [2.24, 2.45) is 5.92 Å². The van der Waals surface area contributed by atoms with Gasteiger partial charge in [0.25, 0.3) is 5.91 Å². The Balaban J connectivity index is 0.982. The minimum Gasteiger partial charge on any atom is -0.331 e. The van der Waals surface area contributed by atoms with Gasteiger partial charge in [-0.15, -0.1) is 0 Å². The summed E-state index contributed by atoms with van der Waals surface area (Å²) in [6.07, 6.45) is -3.20. The lowest BCUT2D eigenvalue weighted by Crippen LogP contribution is -2.60. The van der Waals surface area contributed by atoms with E-state index in [2.05, 4.69) is 15.6 Å². The molecule has 0 spiro atoms. The van der Waals surface area contributed by atoms with Gasteiger partial charge in [0, 0.05) is 38.3 Å². The number of thiocarbonyl (C=S) groups is 1. The minimum atomic E-state index is -4.80. The van der Waals surface area contributed by atoms with Gasteiger partial charge in [0.1, 0.15) is 17.4 Å². The standard InChI is InChI=1S/C39H44F6N8O4S/c1-37(2)35(57)52(27-10-7-25(20-46)29(19-27)38(40,41)42)36(58)53(37)26-8-5-23(6-9-26)4-3-15-50-16-17-51(30(21-50)39(43,44)45)22-33(55)48-31-18-24(13-14-47-31)28-11-12-32(54)49-34(28)56/h7,10,13-14,18-19,23,26,28,30H,3-6,8-9,11-12,15-17,21-22H2,1-2H3,(H,47,48,55)(H,49,54,56)/t23-,26-,28?,30-/m1/s1. The molecule has 6 rings (SSSR count). The van der Waals surface area contributed by atoms with Crippen LogP contribution in [0.3, 0.4) is 0 Å². The summed E-state index contributed by atoms with van der Waals surface area (Å²) in [7, 11) is 0. The van der Waals surface area contributed by atoms with Crippen molar-refractivity contribution in [1.82, 2.24) is 25.0 Å². The van der Waals surface area contributed by atoms with Gasteiger partial charge in [-0.2, -0.15) is 31.6 Å². The van der Waals surface area contributed by atoms with Crippen molar-refractivity contribution in [2.45, 2.75) is 101 Å². The van der Waals surface area contributed by atoms with Crippen LogP contribution in [0.2, 0.25) is 0 Å². The molecular weight excluding hydrogens is 791 g/mol. The number of hydrogen-bond acceptors (Lipinski definition) is 9. The molecule has 0 bridgehead atoms. The Morgan fingerprint density at radius 1 is 1.03 bits per heavy atom. The molecular formula is C39H44F6N8O4S. The van der Waals surface area contributed by atoms with Crippen molar-refractivity contribution < 1.29 is 45.5 Å². The molecule has 4 amide bonds. The number of halogens is 6. The zero-order chi connectivity index (χ0) is 42.2. The first kappa shape index (κ1) is 42.9. The van der Waals surface area contributed by atoms with E-state index in [9.17, 15) is 50.8 Å². The number of nitrogens with one attached hydrogen (secondary N) is 2. The molecule has 1 aromatic carbocycles. The highest BCUT2D eigenvalue weighted by molar-refractivity contribution is 7.80. The number of nitriles is 1. The Hall–Kier alpha value is -4.67. The molecule has 3 saturated heterocycles. The number of carbonyl (C=O) groups excluding carboxylic acids is 4. The Kier molecular flexibility index (Phi) is 12.5. The molecule has 1 aliphatic carbocycles. The summed E-state index contributed by atoms with van der Waals surface area (Å²) in [4.78, 5) is 60.2. The van der Waals surface area contributed by atoms with Crippen LogP contribution in [0.4, 0.5) is 37.8 Å². The smallest absolute Gasteiger partial charge is 0.331 e. The van der Waals surface area contributed by atoms with Gasteiger partial charge in [0.05, 0.1) is 35.3 Å². The van der Waals surface area contributed by atoms with E-state index >= 15 is 0 Å². The SMILES string of the molecule is CC1(C)C(=O)N(c2ccc(C#N)c(C(F)(F)F)c2)C(=S)N1[C@H]1CC[C@H](CCCN2CCN(CC(=O)Nc3cc(C4CCC(=O)NC4=O)ccn3)[C@@H](C(F)(F)F)C2)CC1. The van der Waals surface area contributed by atoms with Crippen LogP contribution in [0.25, 0.3) is 0 Å². The quantitative estimate of drug-likeness (QED) is 0.173. The largest absolute Gasteiger partial charge is 0.417 e. The number of hydrogen-bond donors (Lipinski definition) is 2. The van der Waals surface area contributed by atoms with Crippen LogP contribution in [0.15, 0.2) is 36.5 Å². The molecule has 2 atom stereocenters. The summed E-state index contributed by atoms with van der Waals surface area (Å²) < 4.78 is 84.1. The van der Waals surface area contributed by atoms with Gasteiger partial charge < -0.3 is 15.1 Å². The number of imide groups is 1. The van der Waals surface area contributed by atoms with Crippen LogP contribution < -0.4 is 15.5 Å². The second kappa shape index (κ2) is 16.9. The molecule has 2 N–H and O–H groups in total. The monoisotopic (exact) mass is 834 g/mol. The first-order valence-corrected chi connectivity index (χ1v) is 19.6. The summed E-state index contributed by atoms with van der Waals surface area (Å²) in [6.45, 7) is 3.38. The number of pyridine rings is 1. The number of piperazine rings is 1. The van der Waals surface area contributed by atoms with E-state index < -0.39 is 65.2 Å². The number of anilines is 2. The zero-order valence-electron chi connectivity index (χ0n) is 32.0. The molecule has 4 aliphatic rings. The van der Waals surface area contributed by atoms with Gasteiger partial charge in [-0.25, -0.2) is 4.98 Å². The summed E-state index contributed by atoms with van der Waals surface area (Å²) in [5.74, 6) is -2.20. The van der Waals surface area contributed by atoms with Crippen LogP contribution in [-0.4, -0.2) is 105 Å². The molecule has 1 aromatic heterocycles. The van der Waals surface area contributed by atoms with Crippen LogP contribution in [-0.2, 0) is 25.4 Å². The number of nitrogens with zero attached hydrogens (tertiary/aromatic N) is 6. The fraction of sp³-hybridized carbons (Fsp3) is 0.564. The van der Waals surface area contributed by atoms with Crippen LogP contribution in [0.5, 0.6) is 0 Å². The molecule has 58 heavy (non-hydrogen) atoms. The van der Waals surface area contributed by atoms with Gasteiger partial charge in [0.15, 0.2) is 5.11 Å². The highest BCUT2D eigenvalue weighted by atomic mass is 32.1.